The second kappa shape index (κ2) is 8.32. The summed E-state index contributed by atoms with van der Waals surface area (Å²) in [6, 6.07) is 4.01. The number of anilines is 1. The lowest BCUT2D eigenvalue weighted by atomic mass is 9.95. The zero-order valence-corrected chi connectivity index (χ0v) is 14.9. The molecule has 1 saturated carbocycles. The molecule has 6 nitrogen and oxygen atoms in total. The van der Waals surface area contributed by atoms with Crippen LogP contribution in [-0.4, -0.2) is 42.1 Å². The van der Waals surface area contributed by atoms with Crippen molar-refractivity contribution in [1.82, 2.24) is 10.3 Å². The Balaban J connectivity index is 1.57. The number of esters is 1. The third-order valence-electron chi connectivity index (χ3n) is 4.99. The smallest absolute Gasteiger partial charge is 0.302 e. The lowest BCUT2D eigenvalue weighted by Gasteiger charge is -2.33. The standard InChI is InChI=1S/C19H27N3O3/c1-14(23)25-17-8-5-11-22(13-17)18-10-9-15(12-20-18)19(24)21-16-6-3-2-4-7-16/h9-10,12,16-17H,2-8,11,13H2,1H3,(H,21,24)/t17-/m0/s1. The topological polar surface area (TPSA) is 71.5 Å². The molecular weight excluding hydrogens is 318 g/mol. The maximum atomic E-state index is 12.4. The molecule has 6 heteroatoms. The Morgan fingerprint density at radius 1 is 1.16 bits per heavy atom. The molecular formula is C19H27N3O3. The molecule has 1 amide bonds. The van der Waals surface area contributed by atoms with E-state index in [0.717, 1.165) is 38.0 Å². The number of nitrogens with zero attached hydrogens (tertiary/aromatic N) is 2. The first-order valence-electron chi connectivity index (χ1n) is 9.31. The largest absolute Gasteiger partial charge is 0.461 e. The van der Waals surface area contributed by atoms with E-state index < -0.39 is 0 Å². The third kappa shape index (κ3) is 4.94. The second-order valence-electron chi connectivity index (χ2n) is 7.03. The summed E-state index contributed by atoms with van der Waals surface area (Å²) < 4.78 is 5.32. The molecule has 25 heavy (non-hydrogen) atoms. The van der Waals surface area contributed by atoms with Crippen molar-refractivity contribution >= 4 is 17.7 Å². The monoisotopic (exact) mass is 345 g/mol. The van der Waals surface area contributed by atoms with E-state index in [1.54, 1.807) is 6.20 Å². The van der Waals surface area contributed by atoms with Crippen LogP contribution in [0.5, 0.6) is 0 Å². The molecule has 0 unspecified atom stereocenters. The van der Waals surface area contributed by atoms with Gasteiger partial charge < -0.3 is 15.0 Å². The summed E-state index contributed by atoms with van der Waals surface area (Å²) in [5, 5.41) is 3.11. The Morgan fingerprint density at radius 3 is 2.64 bits per heavy atom. The lowest BCUT2D eigenvalue weighted by Crippen LogP contribution is -2.41. The molecule has 1 N–H and O–H groups in total. The van der Waals surface area contributed by atoms with Crippen LogP contribution in [0.3, 0.4) is 0 Å². The molecule has 1 aromatic heterocycles. The van der Waals surface area contributed by atoms with Crippen LogP contribution >= 0.6 is 0 Å². The fourth-order valence-corrected chi connectivity index (χ4v) is 3.70. The number of rotatable bonds is 4. The number of piperidine rings is 1. The quantitative estimate of drug-likeness (QED) is 0.850. The van der Waals surface area contributed by atoms with Crippen LogP contribution in [0.2, 0.25) is 0 Å². The SMILES string of the molecule is CC(=O)O[C@H]1CCCN(c2ccc(C(=O)NC3CCCCC3)cn2)C1. The Morgan fingerprint density at radius 2 is 1.96 bits per heavy atom. The van der Waals surface area contributed by atoms with Crippen LogP contribution in [0.25, 0.3) is 0 Å². The summed E-state index contributed by atoms with van der Waals surface area (Å²) in [6.07, 6.45) is 9.21. The van der Waals surface area contributed by atoms with Crippen LogP contribution in [0, 0.1) is 0 Å². The Labute approximate surface area is 148 Å². The fraction of sp³-hybridized carbons (Fsp3) is 0.632. The highest BCUT2D eigenvalue weighted by atomic mass is 16.5. The molecule has 1 aromatic rings. The maximum absolute atomic E-state index is 12.4. The first kappa shape index (κ1) is 17.7. The number of hydrogen-bond donors (Lipinski definition) is 1. The van der Waals surface area contributed by atoms with E-state index in [9.17, 15) is 9.59 Å². The number of nitrogens with one attached hydrogen (secondary N) is 1. The number of amides is 1. The highest BCUT2D eigenvalue weighted by Crippen LogP contribution is 2.21. The van der Waals surface area contributed by atoms with Gasteiger partial charge in [-0.2, -0.15) is 0 Å². The second-order valence-corrected chi connectivity index (χ2v) is 7.03. The van der Waals surface area contributed by atoms with Gasteiger partial charge in [0.25, 0.3) is 5.91 Å². The minimum Gasteiger partial charge on any atom is -0.461 e. The van der Waals surface area contributed by atoms with Gasteiger partial charge in [0.05, 0.1) is 12.1 Å². The summed E-state index contributed by atoms with van der Waals surface area (Å²) >= 11 is 0. The summed E-state index contributed by atoms with van der Waals surface area (Å²) in [6.45, 7) is 2.98. The van der Waals surface area contributed by atoms with Crippen molar-refractivity contribution in [2.24, 2.45) is 0 Å². The van der Waals surface area contributed by atoms with Crippen LogP contribution in [-0.2, 0) is 9.53 Å². The van der Waals surface area contributed by atoms with Crippen LogP contribution < -0.4 is 10.2 Å². The highest BCUT2D eigenvalue weighted by molar-refractivity contribution is 5.94. The van der Waals surface area contributed by atoms with Crippen molar-refractivity contribution in [3.8, 4) is 0 Å². The van der Waals surface area contributed by atoms with Crippen molar-refractivity contribution in [2.45, 2.75) is 64.0 Å². The minimum absolute atomic E-state index is 0.0395. The van der Waals surface area contributed by atoms with Gasteiger partial charge in [0.2, 0.25) is 0 Å². The molecule has 1 saturated heterocycles. The molecule has 0 aromatic carbocycles. The van der Waals surface area contributed by atoms with Crippen molar-refractivity contribution in [3.63, 3.8) is 0 Å². The van der Waals surface area contributed by atoms with Gasteiger partial charge in [0.15, 0.2) is 0 Å². The summed E-state index contributed by atoms with van der Waals surface area (Å²) in [4.78, 5) is 30.1. The number of carbonyl (C=O) groups excluding carboxylic acids is 2. The van der Waals surface area contributed by atoms with Gasteiger partial charge in [0.1, 0.15) is 11.9 Å². The van der Waals surface area contributed by atoms with Crippen LogP contribution in [0.1, 0.15) is 62.2 Å². The maximum Gasteiger partial charge on any atom is 0.302 e. The van der Waals surface area contributed by atoms with Gasteiger partial charge in [-0.15, -0.1) is 0 Å². The molecule has 0 bridgehead atoms. The first-order chi connectivity index (χ1) is 12.1. The van der Waals surface area contributed by atoms with Gasteiger partial charge in [0, 0.05) is 25.7 Å². The van der Waals surface area contributed by atoms with E-state index in [4.69, 9.17) is 4.74 Å². The summed E-state index contributed by atoms with van der Waals surface area (Å²) in [5.74, 6) is 0.544. The number of ether oxygens (including phenoxy) is 1. The molecule has 2 fully saturated rings. The van der Waals surface area contributed by atoms with Gasteiger partial charge in [-0.1, -0.05) is 19.3 Å². The number of aromatic nitrogens is 1. The molecule has 1 atom stereocenters. The van der Waals surface area contributed by atoms with Crippen molar-refractivity contribution in [2.75, 3.05) is 18.0 Å². The van der Waals surface area contributed by atoms with Gasteiger partial charge in [-0.05, 0) is 37.8 Å². The predicted molar refractivity (Wildman–Crippen MR) is 95.6 cm³/mol. The van der Waals surface area contributed by atoms with E-state index in [-0.39, 0.29) is 18.0 Å². The van der Waals surface area contributed by atoms with E-state index in [2.05, 4.69) is 15.2 Å². The van der Waals surface area contributed by atoms with E-state index in [1.165, 1.54) is 26.2 Å². The van der Waals surface area contributed by atoms with Gasteiger partial charge in [-0.3, -0.25) is 9.59 Å². The van der Waals surface area contributed by atoms with E-state index in [1.807, 2.05) is 12.1 Å². The van der Waals surface area contributed by atoms with Crippen LogP contribution in [0.15, 0.2) is 18.3 Å². The Bertz CT molecular complexity index is 596. The Hall–Kier alpha value is -2.11. The zero-order valence-electron chi connectivity index (χ0n) is 14.9. The fourth-order valence-electron chi connectivity index (χ4n) is 3.70. The van der Waals surface area contributed by atoms with E-state index in [0.29, 0.717) is 18.2 Å². The summed E-state index contributed by atoms with van der Waals surface area (Å²) in [5.41, 5.74) is 0.600. The van der Waals surface area contributed by atoms with Crippen molar-refractivity contribution in [3.05, 3.63) is 23.9 Å². The molecule has 2 aliphatic rings. The van der Waals surface area contributed by atoms with Crippen molar-refractivity contribution < 1.29 is 14.3 Å². The normalized spacial score (nSPS) is 21.6. The number of carbonyl (C=O) groups is 2. The minimum atomic E-state index is -0.241. The van der Waals surface area contributed by atoms with E-state index >= 15 is 0 Å². The molecule has 3 rings (SSSR count). The molecule has 136 valence electrons. The average molecular weight is 345 g/mol. The lowest BCUT2D eigenvalue weighted by molar-refractivity contribution is -0.146. The predicted octanol–water partition coefficient (Wildman–Crippen LogP) is 2.68. The highest BCUT2D eigenvalue weighted by Gasteiger charge is 2.23. The molecule has 1 aliphatic heterocycles. The van der Waals surface area contributed by atoms with Gasteiger partial charge in [-0.25, -0.2) is 4.98 Å². The third-order valence-corrected chi connectivity index (χ3v) is 4.99. The molecule has 0 spiro atoms. The first-order valence-corrected chi connectivity index (χ1v) is 9.31. The Kier molecular flexibility index (Phi) is 5.89. The number of pyridine rings is 1. The van der Waals surface area contributed by atoms with Crippen LogP contribution in [0.4, 0.5) is 5.82 Å². The van der Waals surface area contributed by atoms with Crippen molar-refractivity contribution in [1.29, 1.82) is 0 Å². The molecule has 0 radical (unpaired) electrons. The summed E-state index contributed by atoms with van der Waals surface area (Å²) in [7, 11) is 0. The number of hydrogen-bond acceptors (Lipinski definition) is 5. The molecule has 1 aliphatic carbocycles. The average Bonchev–Trinajstić information content (AvgIpc) is 2.62. The molecule has 2 heterocycles. The van der Waals surface area contributed by atoms with Gasteiger partial charge >= 0.3 is 5.97 Å². The zero-order chi connectivity index (χ0) is 17.6.